The Balaban J connectivity index is 1.66. The van der Waals surface area contributed by atoms with E-state index < -0.39 is 12.1 Å². The molecule has 7 nitrogen and oxygen atoms in total. The van der Waals surface area contributed by atoms with E-state index in [9.17, 15) is 9.59 Å². The van der Waals surface area contributed by atoms with E-state index >= 15 is 0 Å². The number of nitrogens with one attached hydrogen (secondary N) is 3. The van der Waals surface area contributed by atoms with Crippen LogP contribution in [-0.4, -0.2) is 34.3 Å². The normalized spacial score (nSPS) is 17.5. The number of benzene rings is 1. The molecular weight excluding hydrogens is 318 g/mol. The van der Waals surface area contributed by atoms with Gasteiger partial charge in [-0.15, -0.1) is 5.10 Å². The fourth-order valence-electron chi connectivity index (χ4n) is 2.87. The number of carbonyl (C=O) groups is 2. The van der Waals surface area contributed by atoms with Gasteiger partial charge in [-0.3, -0.25) is 10.1 Å². The highest BCUT2D eigenvalue weighted by molar-refractivity contribution is 5.93. The van der Waals surface area contributed by atoms with E-state index in [-0.39, 0.29) is 5.91 Å². The van der Waals surface area contributed by atoms with Crippen molar-refractivity contribution >= 4 is 17.8 Å². The lowest BCUT2D eigenvalue weighted by atomic mass is 10.1. The van der Waals surface area contributed by atoms with Gasteiger partial charge < -0.3 is 10.6 Å². The Morgan fingerprint density at radius 2 is 2.00 bits per heavy atom. The monoisotopic (exact) mass is 341 g/mol. The van der Waals surface area contributed by atoms with Crippen LogP contribution in [0.3, 0.4) is 0 Å². The molecule has 1 fully saturated rings. The third-order valence-electron chi connectivity index (χ3n) is 4.25. The SMILES string of the molecule is Cc1ccc(-n2nc(NC(=O)N[C@H]3CCCCNC3=O)cc2C)cc1. The predicted molar refractivity (Wildman–Crippen MR) is 95.8 cm³/mol. The Morgan fingerprint density at radius 3 is 2.76 bits per heavy atom. The summed E-state index contributed by atoms with van der Waals surface area (Å²) < 4.78 is 1.77. The van der Waals surface area contributed by atoms with Gasteiger partial charge in [0.2, 0.25) is 5.91 Å². The van der Waals surface area contributed by atoms with Gasteiger partial charge in [0, 0.05) is 18.3 Å². The van der Waals surface area contributed by atoms with Crippen molar-refractivity contribution in [2.45, 2.75) is 39.2 Å². The van der Waals surface area contributed by atoms with E-state index in [0.29, 0.717) is 18.8 Å². The number of amides is 3. The van der Waals surface area contributed by atoms with E-state index in [1.165, 1.54) is 5.56 Å². The summed E-state index contributed by atoms with van der Waals surface area (Å²) in [6, 6.07) is 8.87. The molecule has 2 heterocycles. The number of hydrogen-bond acceptors (Lipinski definition) is 3. The summed E-state index contributed by atoms with van der Waals surface area (Å²) in [7, 11) is 0. The third kappa shape index (κ3) is 4.17. The van der Waals surface area contributed by atoms with Gasteiger partial charge in [0.1, 0.15) is 6.04 Å². The summed E-state index contributed by atoms with van der Waals surface area (Å²) in [6.45, 7) is 4.62. The number of anilines is 1. The standard InChI is InChI=1S/C18H23N5O2/c1-12-6-8-14(9-7-12)23-13(2)11-16(22-23)21-18(25)20-15-5-3-4-10-19-17(15)24/h6-9,11,15H,3-5,10H2,1-2H3,(H,19,24)(H2,20,21,22,25)/t15-/m0/s1. The average Bonchev–Trinajstić information content (AvgIpc) is 2.81. The van der Waals surface area contributed by atoms with E-state index in [1.54, 1.807) is 10.7 Å². The fraction of sp³-hybridized carbons (Fsp3) is 0.389. The lowest BCUT2D eigenvalue weighted by Crippen LogP contribution is -2.47. The van der Waals surface area contributed by atoms with E-state index in [0.717, 1.165) is 24.2 Å². The molecule has 1 aromatic heterocycles. The molecule has 132 valence electrons. The van der Waals surface area contributed by atoms with Crippen molar-refractivity contribution < 1.29 is 9.59 Å². The quantitative estimate of drug-likeness (QED) is 0.800. The summed E-state index contributed by atoms with van der Waals surface area (Å²) in [5.74, 6) is 0.318. The van der Waals surface area contributed by atoms with E-state index in [1.807, 2.05) is 38.1 Å². The Hall–Kier alpha value is -2.83. The molecule has 25 heavy (non-hydrogen) atoms. The zero-order chi connectivity index (χ0) is 17.8. The molecule has 3 N–H and O–H groups in total. The van der Waals surface area contributed by atoms with Crippen LogP contribution in [0.2, 0.25) is 0 Å². The molecular formula is C18H23N5O2. The molecule has 1 aliphatic heterocycles. The molecule has 1 aromatic carbocycles. The van der Waals surface area contributed by atoms with Gasteiger partial charge in [0.15, 0.2) is 5.82 Å². The lowest BCUT2D eigenvalue weighted by molar-refractivity contribution is -0.122. The third-order valence-corrected chi connectivity index (χ3v) is 4.25. The topological polar surface area (TPSA) is 88.1 Å². The molecule has 2 aromatic rings. The highest BCUT2D eigenvalue weighted by Gasteiger charge is 2.22. The van der Waals surface area contributed by atoms with Crippen molar-refractivity contribution in [2.24, 2.45) is 0 Å². The number of hydrogen-bond donors (Lipinski definition) is 3. The van der Waals surface area contributed by atoms with Gasteiger partial charge in [-0.1, -0.05) is 17.7 Å². The molecule has 3 amide bonds. The highest BCUT2D eigenvalue weighted by Crippen LogP contribution is 2.16. The first-order chi connectivity index (χ1) is 12.0. The van der Waals surface area contributed by atoms with Crippen LogP contribution in [0.1, 0.15) is 30.5 Å². The fourth-order valence-corrected chi connectivity index (χ4v) is 2.87. The van der Waals surface area contributed by atoms with Crippen molar-refractivity contribution in [3.05, 3.63) is 41.6 Å². The first kappa shape index (κ1) is 17.0. The Morgan fingerprint density at radius 1 is 1.24 bits per heavy atom. The van der Waals surface area contributed by atoms with Crippen molar-refractivity contribution in [1.82, 2.24) is 20.4 Å². The molecule has 7 heteroatoms. The smallest absolute Gasteiger partial charge is 0.321 e. The largest absolute Gasteiger partial charge is 0.354 e. The van der Waals surface area contributed by atoms with Gasteiger partial charge in [-0.2, -0.15) is 0 Å². The maximum absolute atomic E-state index is 12.2. The van der Waals surface area contributed by atoms with E-state index in [2.05, 4.69) is 21.0 Å². The Kier molecular flexibility index (Phi) is 5.02. The summed E-state index contributed by atoms with van der Waals surface area (Å²) in [5, 5.41) is 12.7. The summed E-state index contributed by atoms with van der Waals surface area (Å²) in [6.07, 6.45) is 2.49. The predicted octanol–water partition coefficient (Wildman–Crippen LogP) is 2.28. The number of rotatable bonds is 3. The van der Waals surface area contributed by atoms with Gasteiger partial charge in [0.05, 0.1) is 5.69 Å². The maximum atomic E-state index is 12.2. The maximum Gasteiger partial charge on any atom is 0.321 e. The van der Waals surface area contributed by atoms with Crippen LogP contribution in [0.4, 0.5) is 10.6 Å². The van der Waals surface area contributed by atoms with Crippen molar-refractivity contribution in [3.8, 4) is 5.69 Å². The van der Waals surface area contributed by atoms with Crippen molar-refractivity contribution in [2.75, 3.05) is 11.9 Å². The second-order valence-corrected chi connectivity index (χ2v) is 6.36. The summed E-state index contributed by atoms with van der Waals surface area (Å²) in [5.41, 5.74) is 3.01. The molecule has 1 saturated heterocycles. The van der Waals surface area contributed by atoms with Crippen molar-refractivity contribution in [1.29, 1.82) is 0 Å². The number of aryl methyl sites for hydroxylation is 2. The molecule has 0 saturated carbocycles. The Bertz CT molecular complexity index is 766. The summed E-state index contributed by atoms with van der Waals surface area (Å²) in [4.78, 5) is 24.1. The molecule has 0 spiro atoms. The Labute approximate surface area is 146 Å². The first-order valence-electron chi connectivity index (χ1n) is 8.52. The molecule has 0 bridgehead atoms. The van der Waals surface area contributed by atoms with Gasteiger partial charge in [-0.25, -0.2) is 9.48 Å². The zero-order valence-corrected chi connectivity index (χ0v) is 14.5. The van der Waals surface area contributed by atoms with Crippen LogP contribution in [0.5, 0.6) is 0 Å². The molecule has 1 atom stereocenters. The minimum atomic E-state index is -0.497. The van der Waals surface area contributed by atoms with E-state index in [4.69, 9.17) is 0 Å². The molecule has 3 rings (SSSR count). The van der Waals surface area contributed by atoms with Crippen LogP contribution in [0.15, 0.2) is 30.3 Å². The number of aromatic nitrogens is 2. The second-order valence-electron chi connectivity index (χ2n) is 6.36. The van der Waals surface area contributed by atoms with Crippen LogP contribution >= 0.6 is 0 Å². The van der Waals surface area contributed by atoms with Crippen LogP contribution in [0.25, 0.3) is 5.69 Å². The van der Waals surface area contributed by atoms with Gasteiger partial charge in [-0.05, 0) is 45.2 Å². The second kappa shape index (κ2) is 7.38. The van der Waals surface area contributed by atoms with Crippen LogP contribution in [-0.2, 0) is 4.79 Å². The minimum Gasteiger partial charge on any atom is -0.354 e. The van der Waals surface area contributed by atoms with Crippen LogP contribution < -0.4 is 16.0 Å². The average molecular weight is 341 g/mol. The molecule has 0 radical (unpaired) electrons. The molecule has 0 unspecified atom stereocenters. The number of nitrogens with zero attached hydrogens (tertiary/aromatic N) is 2. The minimum absolute atomic E-state index is 0.131. The lowest BCUT2D eigenvalue weighted by Gasteiger charge is -2.15. The van der Waals surface area contributed by atoms with Crippen molar-refractivity contribution in [3.63, 3.8) is 0 Å². The number of carbonyl (C=O) groups excluding carboxylic acids is 2. The first-order valence-corrected chi connectivity index (χ1v) is 8.52. The molecule has 1 aliphatic rings. The number of urea groups is 1. The van der Waals surface area contributed by atoms with Gasteiger partial charge in [0.25, 0.3) is 0 Å². The molecule has 0 aliphatic carbocycles. The summed E-state index contributed by atoms with van der Waals surface area (Å²) >= 11 is 0. The highest BCUT2D eigenvalue weighted by atomic mass is 16.2. The van der Waals surface area contributed by atoms with Gasteiger partial charge >= 0.3 is 6.03 Å². The van der Waals surface area contributed by atoms with Crippen LogP contribution in [0, 0.1) is 13.8 Å². The zero-order valence-electron chi connectivity index (χ0n) is 14.5.